The Morgan fingerprint density at radius 2 is 2.21 bits per heavy atom. The predicted octanol–water partition coefficient (Wildman–Crippen LogP) is 1.00. The second kappa shape index (κ2) is 4.28. The fraction of sp³-hybridized carbons (Fsp3) is 0.308. The average Bonchev–Trinajstić information content (AvgIpc) is 2.65. The van der Waals surface area contributed by atoms with Crippen LogP contribution < -0.4 is 11.5 Å². The summed E-state index contributed by atoms with van der Waals surface area (Å²) >= 11 is 0. The average molecular weight is 257 g/mol. The molecule has 1 aromatic heterocycles. The number of para-hydroxylation sites is 1. The molecule has 2 aromatic rings. The summed E-state index contributed by atoms with van der Waals surface area (Å²) in [6.07, 6.45) is 0. The van der Waals surface area contributed by atoms with Crippen LogP contribution in [0.15, 0.2) is 18.2 Å². The number of nitrogen functional groups attached to an aromatic ring is 1. The van der Waals surface area contributed by atoms with Gasteiger partial charge in [0, 0.05) is 6.54 Å². The normalized spacial score (nSPS) is 11.4. The van der Waals surface area contributed by atoms with Gasteiger partial charge in [0.2, 0.25) is 11.9 Å². The van der Waals surface area contributed by atoms with Crippen molar-refractivity contribution in [2.45, 2.75) is 20.4 Å². The van der Waals surface area contributed by atoms with Crippen molar-refractivity contribution in [1.29, 1.82) is 5.26 Å². The summed E-state index contributed by atoms with van der Waals surface area (Å²) in [7, 11) is 0. The summed E-state index contributed by atoms with van der Waals surface area (Å²) < 4.78 is 1.71. The predicted molar refractivity (Wildman–Crippen MR) is 71.8 cm³/mol. The van der Waals surface area contributed by atoms with E-state index in [1.165, 1.54) is 0 Å². The fourth-order valence-electron chi connectivity index (χ4n) is 1.89. The minimum Gasteiger partial charge on any atom is -0.369 e. The zero-order chi connectivity index (χ0) is 14.2. The molecule has 0 saturated heterocycles. The first-order valence-electron chi connectivity index (χ1n) is 5.81. The summed E-state index contributed by atoms with van der Waals surface area (Å²) in [6, 6.07) is 7.33. The highest BCUT2D eigenvalue weighted by Crippen LogP contribution is 2.26. The van der Waals surface area contributed by atoms with Gasteiger partial charge in [-0.15, -0.1) is 0 Å². The number of rotatable bonds is 3. The highest BCUT2D eigenvalue weighted by molar-refractivity contribution is 5.85. The molecule has 19 heavy (non-hydrogen) atoms. The molecule has 98 valence electrons. The lowest BCUT2D eigenvalue weighted by Gasteiger charge is -2.21. The van der Waals surface area contributed by atoms with Crippen molar-refractivity contribution < 1.29 is 4.79 Å². The Hall–Kier alpha value is -2.55. The van der Waals surface area contributed by atoms with Gasteiger partial charge in [0.15, 0.2) is 0 Å². The topological polar surface area (TPSA) is 111 Å². The first-order chi connectivity index (χ1) is 8.86. The number of hydrogen-bond donors (Lipinski definition) is 2. The molecule has 0 aliphatic heterocycles. The Balaban J connectivity index is 2.60. The van der Waals surface area contributed by atoms with Gasteiger partial charge in [-0.3, -0.25) is 4.79 Å². The Morgan fingerprint density at radius 3 is 2.79 bits per heavy atom. The lowest BCUT2D eigenvalue weighted by molar-refractivity contribution is -0.126. The number of imidazole rings is 1. The number of nitriles is 1. The third kappa shape index (κ3) is 2.10. The first-order valence-corrected chi connectivity index (χ1v) is 5.81. The summed E-state index contributed by atoms with van der Waals surface area (Å²) in [5, 5.41) is 9.04. The van der Waals surface area contributed by atoms with Crippen LogP contribution in [0.4, 0.5) is 5.95 Å². The maximum atomic E-state index is 11.4. The number of benzene rings is 1. The summed E-state index contributed by atoms with van der Waals surface area (Å²) in [4.78, 5) is 15.6. The molecule has 0 spiro atoms. The van der Waals surface area contributed by atoms with Gasteiger partial charge in [0.25, 0.3) is 0 Å². The van der Waals surface area contributed by atoms with Crippen molar-refractivity contribution in [2.75, 3.05) is 5.73 Å². The van der Waals surface area contributed by atoms with E-state index in [2.05, 4.69) is 11.1 Å². The number of nitrogens with two attached hydrogens (primary N) is 2. The van der Waals surface area contributed by atoms with E-state index in [-0.39, 0.29) is 5.95 Å². The van der Waals surface area contributed by atoms with Gasteiger partial charge < -0.3 is 16.0 Å². The van der Waals surface area contributed by atoms with Gasteiger partial charge in [-0.25, -0.2) is 4.98 Å². The van der Waals surface area contributed by atoms with Crippen molar-refractivity contribution in [3.05, 3.63) is 23.8 Å². The van der Waals surface area contributed by atoms with Crippen LogP contribution in [0.3, 0.4) is 0 Å². The van der Waals surface area contributed by atoms with Gasteiger partial charge in [0.1, 0.15) is 11.6 Å². The van der Waals surface area contributed by atoms with E-state index >= 15 is 0 Å². The maximum absolute atomic E-state index is 11.4. The molecule has 1 aromatic carbocycles. The quantitative estimate of drug-likeness (QED) is 0.854. The number of carbonyl (C=O) groups excluding carboxylic acids is 1. The molecule has 0 aliphatic carbocycles. The second-order valence-corrected chi connectivity index (χ2v) is 5.09. The smallest absolute Gasteiger partial charge is 0.224 e. The van der Waals surface area contributed by atoms with Crippen molar-refractivity contribution in [2.24, 2.45) is 11.1 Å². The zero-order valence-corrected chi connectivity index (χ0v) is 10.8. The Bertz CT molecular complexity index is 693. The number of primary amides is 1. The van der Waals surface area contributed by atoms with Gasteiger partial charge in [0.05, 0.1) is 16.5 Å². The molecule has 0 aliphatic rings. The van der Waals surface area contributed by atoms with Crippen molar-refractivity contribution in [3.63, 3.8) is 0 Å². The third-order valence-corrected chi connectivity index (χ3v) is 3.15. The van der Waals surface area contributed by atoms with Crippen molar-refractivity contribution in [1.82, 2.24) is 9.55 Å². The van der Waals surface area contributed by atoms with Crippen LogP contribution >= 0.6 is 0 Å². The SMILES string of the molecule is CC(C)(Cn1c(N)nc2c(C#N)cccc21)C(N)=O. The van der Waals surface area contributed by atoms with E-state index in [0.717, 1.165) is 5.52 Å². The van der Waals surface area contributed by atoms with Gasteiger partial charge in [-0.05, 0) is 26.0 Å². The number of aromatic nitrogens is 2. The molecule has 0 saturated carbocycles. The highest BCUT2D eigenvalue weighted by atomic mass is 16.1. The monoisotopic (exact) mass is 257 g/mol. The third-order valence-electron chi connectivity index (χ3n) is 3.15. The summed E-state index contributed by atoms with van der Waals surface area (Å²) in [6.45, 7) is 3.81. The van der Waals surface area contributed by atoms with E-state index in [1.54, 1.807) is 30.5 Å². The summed E-state index contributed by atoms with van der Waals surface area (Å²) in [5.41, 5.74) is 12.2. The molecule has 2 rings (SSSR count). The molecule has 0 fully saturated rings. The zero-order valence-electron chi connectivity index (χ0n) is 10.8. The molecule has 0 atom stereocenters. The molecule has 0 unspecified atom stereocenters. The summed E-state index contributed by atoms with van der Waals surface area (Å²) in [5.74, 6) is -0.141. The molecule has 6 heteroatoms. The van der Waals surface area contributed by atoms with Crippen LogP contribution in [0, 0.1) is 16.7 Å². The van der Waals surface area contributed by atoms with Crippen molar-refractivity contribution in [3.8, 4) is 6.07 Å². The van der Waals surface area contributed by atoms with Crippen LogP contribution in [0.2, 0.25) is 0 Å². The van der Waals surface area contributed by atoms with Crippen LogP contribution in [-0.4, -0.2) is 15.5 Å². The maximum Gasteiger partial charge on any atom is 0.224 e. The minimum atomic E-state index is -0.746. The second-order valence-electron chi connectivity index (χ2n) is 5.09. The molecule has 6 nitrogen and oxygen atoms in total. The van der Waals surface area contributed by atoms with E-state index in [4.69, 9.17) is 16.7 Å². The van der Waals surface area contributed by atoms with E-state index < -0.39 is 11.3 Å². The van der Waals surface area contributed by atoms with Crippen LogP contribution in [0.5, 0.6) is 0 Å². The molecule has 4 N–H and O–H groups in total. The molecule has 1 heterocycles. The van der Waals surface area contributed by atoms with Gasteiger partial charge >= 0.3 is 0 Å². The van der Waals surface area contributed by atoms with E-state index in [1.807, 2.05) is 6.07 Å². The van der Waals surface area contributed by atoms with Crippen LogP contribution in [-0.2, 0) is 11.3 Å². The fourth-order valence-corrected chi connectivity index (χ4v) is 1.89. The highest BCUT2D eigenvalue weighted by Gasteiger charge is 2.27. The van der Waals surface area contributed by atoms with Gasteiger partial charge in [-0.1, -0.05) is 6.07 Å². The Kier molecular flexibility index (Phi) is 2.91. The number of anilines is 1. The number of carbonyl (C=O) groups is 1. The molecule has 0 radical (unpaired) electrons. The number of hydrogen-bond acceptors (Lipinski definition) is 4. The minimum absolute atomic E-state index is 0.270. The standard InChI is InChI=1S/C13H15N5O/c1-13(2,11(15)19)7-18-9-5-3-4-8(6-14)10(9)17-12(18)16/h3-5H,7H2,1-2H3,(H2,15,19)(H2,16,17). The lowest BCUT2D eigenvalue weighted by atomic mass is 9.92. The first kappa shape index (κ1) is 12.9. The lowest BCUT2D eigenvalue weighted by Crippen LogP contribution is -2.35. The number of nitrogens with zero attached hydrogens (tertiary/aromatic N) is 3. The Morgan fingerprint density at radius 1 is 1.53 bits per heavy atom. The van der Waals surface area contributed by atoms with E-state index in [0.29, 0.717) is 17.6 Å². The van der Waals surface area contributed by atoms with Crippen molar-refractivity contribution >= 4 is 22.9 Å². The largest absolute Gasteiger partial charge is 0.369 e. The van der Waals surface area contributed by atoms with Crippen LogP contribution in [0.25, 0.3) is 11.0 Å². The Labute approximate surface area is 110 Å². The van der Waals surface area contributed by atoms with Crippen LogP contribution in [0.1, 0.15) is 19.4 Å². The number of fused-ring (bicyclic) bond motifs is 1. The molecular formula is C13H15N5O. The molecule has 0 bridgehead atoms. The van der Waals surface area contributed by atoms with E-state index in [9.17, 15) is 4.79 Å². The molecular weight excluding hydrogens is 242 g/mol. The molecule has 1 amide bonds. The van der Waals surface area contributed by atoms with Gasteiger partial charge in [-0.2, -0.15) is 5.26 Å². The number of amides is 1.